The van der Waals surface area contributed by atoms with Crippen LogP contribution in [0.25, 0.3) is 32.8 Å². The summed E-state index contributed by atoms with van der Waals surface area (Å²) in [6, 6.07) is 23.7. The number of unbranched alkanes of at least 4 members (excludes halogenated alkanes) is 8. The second-order valence-electron chi connectivity index (χ2n) is 21.2. The summed E-state index contributed by atoms with van der Waals surface area (Å²) in [5.41, 5.74) is 6.28. The van der Waals surface area contributed by atoms with Crippen molar-refractivity contribution in [2.45, 2.75) is 135 Å². The molecule has 3 aromatic heterocycles. The Morgan fingerprint density at radius 3 is 2.27 bits per heavy atom. The maximum atomic E-state index is 14.7. The Bertz CT molecular complexity index is 3000. The number of aryl methyl sites for hydroxylation is 1. The molecule has 4 heterocycles. The Morgan fingerprint density at radius 1 is 0.844 bits per heavy atom. The van der Waals surface area contributed by atoms with Crippen molar-refractivity contribution >= 4 is 58.2 Å². The van der Waals surface area contributed by atoms with Gasteiger partial charge in [-0.3, -0.25) is 24.2 Å². The van der Waals surface area contributed by atoms with E-state index in [1.807, 2.05) is 67.6 Å². The first-order valence-electron chi connectivity index (χ1n) is 26.7. The third-order valence-electron chi connectivity index (χ3n) is 14.0. The van der Waals surface area contributed by atoms with E-state index in [0.29, 0.717) is 46.8 Å². The van der Waals surface area contributed by atoms with Gasteiger partial charge in [-0.05, 0) is 72.9 Å². The van der Waals surface area contributed by atoms with Gasteiger partial charge in [-0.15, -0.1) is 11.3 Å². The molecule has 2 fully saturated rings. The average molecular weight is 1090 g/mol. The van der Waals surface area contributed by atoms with E-state index in [1.54, 1.807) is 62.3 Å². The summed E-state index contributed by atoms with van der Waals surface area (Å²) in [7, 11) is 0. The Kier molecular flexibility index (Phi) is 19.1. The van der Waals surface area contributed by atoms with Crippen molar-refractivity contribution in [1.82, 2.24) is 40.8 Å². The summed E-state index contributed by atoms with van der Waals surface area (Å²) < 4.78 is 21.1. The number of carbonyl (C=O) groups is 4. The zero-order valence-electron chi connectivity index (χ0n) is 44.2. The van der Waals surface area contributed by atoms with Crippen LogP contribution in [0.3, 0.4) is 0 Å². The minimum atomic E-state index is -1.97. The van der Waals surface area contributed by atoms with Crippen molar-refractivity contribution in [1.29, 1.82) is 0 Å². The van der Waals surface area contributed by atoms with E-state index in [2.05, 4.69) is 48.4 Å². The summed E-state index contributed by atoms with van der Waals surface area (Å²) in [6.45, 7) is 8.38. The Morgan fingerprint density at radius 2 is 1.56 bits per heavy atom. The van der Waals surface area contributed by atoms with Gasteiger partial charge in [0.2, 0.25) is 17.8 Å². The molecular formula is C59H69ClFN9O6S. The SMILES string of the molecule is Cc1ncsc1-c1ccc(CNC(=O)C2CC(O)CN2C(=O)C(NC(=O)C2(F)CC2)C(C)(C)C)c(OCCCCCCCCCCCNC(=O)c2cncc(Nc3ncc(Cl)c(-c4cccc(-c5ccccc5)c4)n3)c2)c1. The third-order valence-corrected chi connectivity index (χ3v) is 15.2. The largest absolute Gasteiger partial charge is 0.493 e. The minimum absolute atomic E-state index is 0.0369. The maximum Gasteiger partial charge on any atom is 0.258 e. The van der Waals surface area contributed by atoms with Crippen LogP contribution in [0.5, 0.6) is 5.75 Å². The zero-order valence-corrected chi connectivity index (χ0v) is 45.8. The molecule has 6 aromatic rings. The summed E-state index contributed by atoms with van der Waals surface area (Å²) in [6.07, 6.45) is 13.3. The van der Waals surface area contributed by atoms with Crippen LogP contribution in [0.15, 0.2) is 103 Å². The van der Waals surface area contributed by atoms with E-state index in [4.69, 9.17) is 21.3 Å². The molecule has 3 aromatic carbocycles. The molecule has 0 bridgehead atoms. The topological polar surface area (TPSA) is 201 Å². The van der Waals surface area contributed by atoms with E-state index >= 15 is 0 Å². The molecule has 4 amide bonds. The van der Waals surface area contributed by atoms with Crippen LogP contribution in [0.4, 0.5) is 16.0 Å². The van der Waals surface area contributed by atoms with Crippen LogP contribution in [-0.4, -0.2) is 97.1 Å². The quantitative estimate of drug-likeness (QED) is 0.0342. The van der Waals surface area contributed by atoms with Gasteiger partial charge >= 0.3 is 0 Å². The standard InChI is InChI=1S/C59H69ClFN9O6S/c1-38-51(77-37-66-38)42-22-23-43(33-64-54(73)48-31-46(71)36-70(48)55(74)52(58(2,3)4)69-56(75)59(61)24-25-59)49(30-42)76-27-16-11-9-7-5-6-8-10-15-26-63-53(72)44-29-45(34-62-32-44)67-57-65-35-47(60)50(68-57)41-21-17-20-40(28-41)39-18-13-12-14-19-39/h12-14,17-23,28-30,32,34-35,37,46,48,52,71H,5-11,15-16,24-27,31,33,36H2,1-4H3,(H,63,72)(H,64,73)(H,69,75)(H,65,67,68). The highest BCUT2D eigenvalue weighted by Crippen LogP contribution is 2.41. The van der Waals surface area contributed by atoms with Crippen LogP contribution < -0.4 is 26.0 Å². The number of halogens is 2. The zero-order chi connectivity index (χ0) is 54.5. The van der Waals surface area contributed by atoms with Gasteiger partial charge in [-0.2, -0.15) is 0 Å². The lowest BCUT2D eigenvalue weighted by atomic mass is 9.85. The fraction of sp³-hybridized carbons (Fsp3) is 0.424. The van der Waals surface area contributed by atoms with Crippen molar-refractivity contribution in [2.24, 2.45) is 5.41 Å². The van der Waals surface area contributed by atoms with Gasteiger partial charge in [0.05, 0.1) is 63.2 Å². The summed E-state index contributed by atoms with van der Waals surface area (Å²) in [5.74, 6) is -1.02. The second kappa shape index (κ2) is 26.0. The van der Waals surface area contributed by atoms with Gasteiger partial charge in [0, 0.05) is 43.4 Å². The van der Waals surface area contributed by atoms with Gasteiger partial charge in [-0.25, -0.2) is 19.3 Å². The minimum Gasteiger partial charge on any atom is -0.493 e. The van der Waals surface area contributed by atoms with E-state index in [-0.39, 0.29) is 38.3 Å². The lowest BCUT2D eigenvalue weighted by Crippen LogP contribution is -2.59. The number of β-amino-alcohol motifs (C(OH)–C–C–N with tert-alkyl or cyclic N) is 1. The summed E-state index contributed by atoms with van der Waals surface area (Å²) in [4.78, 5) is 73.6. The molecule has 1 aliphatic heterocycles. The smallest absolute Gasteiger partial charge is 0.258 e. The Hall–Kier alpha value is -6.82. The fourth-order valence-corrected chi connectivity index (χ4v) is 10.4. The van der Waals surface area contributed by atoms with Gasteiger partial charge in [0.15, 0.2) is 5.67 Å². The predicted molar refractivity (Wildman–Crippen MR) is 300 cm³/mol. The lowest BCUT2D eigenvalue weighted by molar-refractivity contribution is -0.145. The number of likely N-dealkylation sites (tertiary alicyclic amines) is 1. The molecule has 0 spiro atoms. The molecule has 1 saturated carbocycles. The molecular weight excluding hydrogens is 1020 g/mol. The number of nitrogens with one attached hydrogen (secondary N) is 4. The normalized spacial score (nSPS) is 16.1. The number of aliphatic hydroxyl groups is 1. The third kappa shape index (κ3) is 15.2. The first-order valence-corrected chi connectivity index (χ1v) is 27.9. The number of aromatic nitrogens is 4. The molecule has 1 saturated heterocycles. The first-order chi connectivity index (χ1) is 37.1. The lowest BCUT2D eigenvalue weighted by Gasteiger charge is -2.35. The Balaban J connectivity index is 0.733. The van der Waals surface area contributed by atoms with E-state index in [1.165, 1.54) is 4.90 Å². The Labute approximate surface area is 459 Å². The van der Waals surface area contributed by atoms with Gasteiger partial charge in [0.25, 0.3) is 11.8 Å². The second-order valence-corrected chi connectivity index (χ2v) is 22.4. The number of anilines is 2. The van der Waals surface area contributed by atoms with E-state index < -0.39 is 47.0 Å². The number of alkyl halides is 1. The molecule has 77 heavy (non-hydrogen) atoms. The molecule has 0 radical (unpaired) electrons. The van der Waals surface area contributed by atoms with Crippen molar-refractivity contribution in [3.63, 3.8) is 0 Å². The number of ether oxygens (including phenoxy) is 1. The molecule has 2 aliphatic rings. The molecule has 15 nitrogen and oxygen atoms in total. The van der Waals surface area contributed by atoms with Crippen LogP contribution in [0.2, 0.25) is 5.02 Å². The molecule has 406 valence electrons. The van der Waals surface area contributed by atoms with Gasteiger partial charge in [-0.1, -0.05) is 138 Å². The highest BCUT2D eigenvalue weighted by atomic mass is 35.5. The number of nitrogens with zero attached hydrogens (tertiary/aromatic N) is 5. The highest BCUT2D eigenvalue weighted by molar-refractivity contribution is 7.13. The van der Waals surface area contributed by atoms with Crippen LogP contribution in [0.1, 0.15) is 119 Å². The highest BCUT2D eigenvalue weighted by Gasteiger charge is 2.53. The monoisotopic (exact) mass is 1090 g/mol. The van der Waals surface area contributed by atoms with Crippen molar-refractivity contribution in [3.8, 4) is 38.6 Å². The average Bonchev–Trinajstić information content (AvgIpc) is 3.83. The molecule has 8 rings (SSSR count). The van der Waals surface area contributed by atoms with E-state index in [9.17, 15) is 28.7 Å². The van der Waals surface area contributed by atoms with Crippen LogP contribution in [-0.2, 0) is 20.9 Å². The van der Waals surface area contributed by atoms with Gasteiger partial charge in [0.1, 0.15) is 17.8 Å². The summed E-state index contributed by atoms with van der Waals surface area (Å²) in [5, 5.41) is 22.9. The van der Waals surface area contributed by atoms with E-state index in [0.717, 1.165) is 96.2 Å². The molecule has 5 N–H and O–H groups in total. The summed E-state index contributed by atoms with van der Waals surface area (Å²) >= 11 is 8.11. The van der Waals surface area contributed by atoms with Crippen molar-refractivity contribution < 1.29 is 33.4 Å². The number of pyridine rings is 1. The number of hydrogen-bond donors (Lipinski definition) is 5. The predicted octanol–water partition coefficient (Wildman–Crippen LogP) is 11.0. The maximum absolute atomic E-state index is 14.7. The number of amides is 4. The number of benzene rings is 3. The van der Waals surface area contributed by atoms with Crippen LogP contribution >= 0.6 is 22.9 Å². The first kappa shape index (κ1) is 56.4. The van der Waals surface area contributed by atoms with Crippen LogP contribution in [0, 0.1) is 12.3 Å². The molecule has 1 aliphatic carbocycles. The number of carbonyl (C=O) groups excluding carboxylic acids is 4. The molecule has 18 heteroatoms. The number of rotatable bonds is 25. The molecule has 3 atom stereocenters. The molecule has 3 unspecified atom stereocenters. The number of hydrogen-bond acceptors (Lipinski definition) is 12. The van der Waals surface area contributed by atoms with Gasteiger partial charge < -0.3 is 36.0 Å². The number of thiazole rings is 1. The fourth-order valence-electron chi connectivity index (χ4n) is 9.39. The van der Waals surface area contributed by atoms with Crippen molar-refractivity contribution in [3.05, 3.63) is 125 Å². The number of aliphatic hydroxyl groups excluding tert-OH is 1. The van der Waals surface area contributed by atoms with Crippen molar-refractivity contribution in [2.75, 3.05) is 25.0 Å².